The third-order valence-corrected chi connectivity index (χ3v) is 2.70. The van der Waals surface area contributed by atoms with E-state index in [1.54, 1.807) is 7.11 Å². The summed E-state index contributed by atoms with van der Waals surface area (Å²) in [6.45, 7) is 0. The maximum atomic E-state index is 11.1. The molecule has 0 aliphatic heterocycles. The van der Waals surface area contributed by atoms with Crippen LogP contribution >= 0.6 is 0 Å². The number of aromatic amines is 2. The van der Waals surface area contributed by atoms with Crippen molar-refractivity contribution in [2.24, 2.45) is 0 Å². The van der Waals surface area contributed by atoms with Crippen LogP contribution in [0, 0.1) is 0 Å². The molecular formula is C13H14N2O3. The first-order chi connectivity index (χ1) is 8.69. The van der Waals surface area contributed by atoms with Gasteiger partial charge in [-0.1, -0.05) is 12.1 Å². The van der Waals surface area contributed by atoms with E-state index in [0.717, 1.165) is 23.4 Å². The Bertz CT molecular complexity index is 626. The van der Waals surface area contributed by atoms with Gasteiger partial charge in [0.1, 0.15) is 5.75 Å². The van der Waals surface area contributed by atoms with Crippen molar-refractivity contribution in [1.82, 2.24) is 9.97 Å². The summed E-state index contributed by atoms with van der Waals surface area (Å²) >= 11 is 0. The van der Waals surface area contributed by atoms with Crippen molar-refractivity contribution in [2.45, 2.75) is 12.8 Å². The van der Waals surface area contributed by atoms with Crippen molar-refractivity contribution in [1.29, 1.82) is 0 Å². The van der Waals surface area contributed by atoms with E-state index in [-0.39, 0.29) is 0 Å². The number of H-pyrrole nitrogens is 2. The fourth-order valence-corrected chi connectivity index (χ4v) is 1.66. The lowest BCUT2D eigenvalue weighted by atomic mass is 10.1. The molecule has 1 aromatic heterocycles. The number of ether oxygens (including phenoxy) is 1. The summed E-state index contributed by atoms with van der Waals surface area (Å²) in [6, 6.07) is 7.74. The minimum absolute atomic E-state index is 0.609. The lowest BCUT2D eigenvalue weighted by molar-refractivity contribution is 0.414. The summed E-state index contributed by atoms with van der Waals surface area (Å²) in [5, 5.41) is 0. The number of hydrogen-bond acceptors (Lipinski definition) is 3. The van der Waals surface area contributed by atoms with Crippen molar-refractivity contribution in [3.05, 3.63) is 62.4 Å². The van der Waals surface area contributed by atoms with E-state index in [1.165, 1.54) is 6.20 Å². The minimum Gasteiger partial charge on any atom is -0.497 e. The van der Waals surface area contributed by atoms with E-state index in [2.05, 4.69) is 9.97 Å². The topological polar surface area (TPSA) is 75.0 Å². The minimum atomic E-state index is -0.622. The number of hydrogen-bond donors (Lipinski definition) is 2. The lowest BCUT2D eigenvalue weighted by Crippen LogP contribution is -2.29. The first-order valence-electron chi connectivity index (χ1n) is 5.63. The third-order valence-electron chi connectivity index (χ3n) is 2.70. The van der Waals surface area contributed by atoms with Crippen LogP contribution < -0.4 is 15.9 Å². The smallest absolute Gasteiger partial charge is 0.313 e. The van der Waals surface area contributed by atoms with E-state index in [0.29, 0.717) is 6.42 Å². The molecule has 0 aliphatic carbocycles. The molecule has 2 aromatic rings. The molecule has 94 valence electrons. The molecule has 5 heteroatoms. The van der Waals surface area contributed by atoms with E-state index in [9.17, 15) is 9.59 Å². The molecule has 0 bridgehead atoms. The maximum absolute atomic E-state index is 11.1. The first kappa shape index (κ1) is 12.2. The lowest BCUT2D eigenvalue weighted by Gasteiger charge is -2.03. The van der Waals surface area contributed by atoms with Crippen LogP contribution in [0.4, 0.5) is 0 Å². The van der Waals surface area contributed by atoms with Gasteiger partial charge in [-0.25, -0.2) is 0 Å². The van der Waals surface area contributed by atoms with Crippen molar-refractivity contribution >= 4 is 0 Å². The molecule has 1 heterocycles. The summed E-state index contributed by atoms with van der Waals surface area (Å²) in [7, 11) is 1.63. The van der Waals surface area contributed by atoms with Crippen molar-refractivity contribution in [3.63, 3.8) is 0 Å². The largest absolute Gasteiger partial charge is 0.497 e. The Hall–Kier alpha value is -2.30. The van der Waals surface area contributed by atoms with Crippen LogP contribution in [0.5, 0.6) is 5.75 Å². The molecular weight excluding hydrogens is 232 g/mol. The van der Waals surface area contributed by atoms with Gasteiger partial charge in [0.25, 0.3) is 0 Å². The Labute approximate surface area is 103 Å². The van der Waals surface area contributed by atoms with Crippen LogP contribution in [-0.2, 0) is 12.8 Å². The highest BCUT2D eigenvalue weighted by Gasteiger charge is 1.99. The van der Waals surface area contributed by atoms with Crippen molar-refractivity contribution in [2.75, 3.05) is 7.11 Å². The second-order valence-electron chi connectivity index (χ2n) is 3.95. The van der Waals surface area contributed by atoms with E-state index in [4.69, 9.17) is 4.74 Å². The standard InChI is InChI=1S/C13H14N2O3/c1-18-11-6-3-9(4-7-11)2-5-10-8-14-12(16)13(17)15-10/h3-4,6-8H,2,5H2,1H3,(H,14,16)(H,15,17). The van der Waals surface area contributed by atoms with Crippen LogP contribution in [-0.4, -0.2) is 17.1 Å². The second-order valence-corrected chi connectivity index (χ2v) is 3.95. The summed E-state index contributed by atoms with van der Waals surface area (Å²) in [5.74, 6) is 0.816. The molecule has 0 radical (unpaired) electrons. The molecule has 0 aliphatic rings. The molecule has 5 nitrogen and oxygen atoms in total. The highest BCUT2D eigenvalue weighted by Crippen LogP contribution is 2.12. The van der Waals surface area contributed by atoms with E-state index < -0.39 is 11.1 Å². The predicted octanol–water partition coefficient (Wildman–Crippen LogP) is 0.857. The molecule has 0 spiro atoms. The van der Waals surface area contributed by atoms with Gasteiger partial charge in [-0.15, -0.1) is 0 Å². The number of aromatic nitrogens is 2. The van der Waals surface area contributed by atoms with Gasteiger partial charge in [0.15, 0.2) is 0 Å². The molecule has 18 heavy (non-hydrogen) atoms. The number of methoxy groups -OCH3 is 1. The van der Waals surface area contributed by atoms with Gasteiger partial charge in [0, 0.05) is 11.9 Å². The highest BCUT2D eigenvalue weighted by molar-refractivity contribution is 5.27. The van der Waals surface area contributed by atoms with Crippen LogP contribution in [0.2, 0.25) is 0 Å². The highest BCUT2D eigenvalue weighted by atomic mass is 16.5. The Balaban J connectivity index is 2.04. The predicted molar refractivity (Wildman–Crippen MR) is 68.1 cm³/mol. The average molecular weight is 246 g/mol. The zero-order chi connectivity index (χ0) is 13.0. The second kappa shape index (κ2) is 5.35. The van der Waals surface area contributed by atoms with Crippen LogP contribution in [0.3, 0.4) is 0 Å². The Morgan fingerprint density at radius 1 is 1.06 bits per heavy atom. The molecule has 0 amide bonds. The van der Waals surface area contributed by atoms with Gasteiger partial charge < -0.3 is 14.7 Å². The summed E-state index contributed by atoms with van der Waals surface area (Å²) in [4.78, 5) is 27.0. The first-order valence-corrected chi connectivity index (χ1v) is 5.63. The average Bonchev–Trinajstić information content (AvgIpc) is 2.41. The van der Waals surface area contributed by atoms with Gasteiger partial charge in [0.2, 0.25) is 0 Å². The number of nitrogens with one attached hydrogen (secondary N) is 2. The normalized spacial score (nSPS) is 10.3. The molecule has 0 saturated heterocycles. The SMILES string of the molecule is COc1ccc(CCc2c[nH]c(=O)c(=O)[nH]2)cc1. The van der Waals surface area contributed by atoms with E-state index in [1.807, 2.05) is 24.3 Å². The summed E-state index contributed by atoms with van der Waals surface area (Å²) in [5.41, 5.74) is 0.628. The molecule has 0 atom stereocenters. The Kier molecular flexibility index (Phi) is 3.62. The fourth-order valence-electron chi connectivity index (χ4n) is 1.66. The molecule has 2 N–H and O–H groups in total. The zero-order valence-electron chi connectivity index (χ0n) is 10.0. The Morgan fingerprint density at radius 3 is 2.39 bits per heavy atom. The number of aryl methyl sites for hydroxylation is 2. The van der Waals surface area contributed by atoms with Gasteiger partial charge >= 0.3 is 11.1 Å². The fraction of sp³-hybridized carbons (Fsp3) is 0.231. The number of rotatable bonds is 4. The third kappa shape index (κ3) is 2.88. The van der Waals surface area contributed by atoms with Crippen LogP contribution in [0.15, 0.2) is 40.1 Å². The van der Waals surface area contributed by atoms with Gasteiger partial charge in [-0.2, -0.15) is 0 Å². The monoisotopic (exact) mass is 246 g/mol. The zero-order valence-corrected chi connectivity index (χ0v) is 10.0. The molecule has 0 unspecified atom stereocenters. The van der Waals surface area contributed by atoms with Gasteiger partial charge in [-0.05, 0) is 30.5 Å². The molecule has 1 aromatic carbocycles. The molecule has 2 rings (SSSR count). The van der Waals surface area contributed by atoms with Crippen LogP contribution in [0.25, 0.3) is 0 Å². The summed E-state index contributed by atoms with van der Waals surface area (Å²) < 4.78 is 5.07. The summed E-state index contributed by atoms with van der Waals surface area (Å²) in [6.07, 6.45) is 2.98. The van der Waals surface area contributed by atoms with Crippen molar-refractivity contribution < 1.29 is 4.74 Å². The van der Waals surface area contributed by atoms with E-state index >= 15 is 0 Å². The van der Waals surface area contributed by atoms with Crippen molar-refractivity contribution in [3.8, 4) is 5.75 Å². The maximum Gasteiger partial charge on any atom is 0.313 e. The van der Waals surface area contributed by atoms with Gasteiger partial charge in [0.05, 0.1) is 7.11 Å². The van der Waals surface area contributed by atoms with Gasteiger partial charge in [-0.3, -0.25) is 9.59 Å². The van der Waals surface area contributed by atoms with Crippen LogP contribution in [0.1, 0.15) is 11.3 Å². The quantitative estimate of drug-likeness (QED) is 0.785. The molecule has 0 saturated carbocycles. The Morgan fingerprint density at radius 2 is 1.78 bits per heavy atom. The molecule has 0 fully saturated rings. The number of benzene rings is 1.